The Balaban J connectivity index is 1.96. The summed E-state index contributed by atoms with van der Waals surface area (Å²) in [6.07, 6.45) is 5.14. The van der Waals surface area contributed by atoms with E-state index in [1.54, 1.807) is 19.1 Å². The lowest BCUT2D eigenvalue weighted by atomic mass is 10.0. The molecule has 0 unspecified atom stereocenters. The van der Waals surface area contributed by atoms with Gasteiger partial charge >= 0.3 is 0 Å². The van der Waals surface area contributed by atoms with E-state index in [-0.39, 0.29) is 5.75 Å². The normalized spacial score (nSPS) is 17.2. The standard InChI is InChI=1S/C15H23NO2S/c1-3-9-15(10-11-15)12-16-13-5-7-14(8-6-13)19(17,18)4-2/h5-8,16H,3-4,9-12H2,1-2H3. The summed E-state index contributed by atoms with van der Waals surface area (Å²) >= 11 is 0. The third kappa shape index (κ3) is 3.50. The molecule has 0 amide bonds. The molecule has 1 aliphatic rings. The molecule has 2 rings (SSSR count). The van der Waals surface area contributed by atoms with Crippen molar-refractivity contribution in [2.45, 2.75) is 44.4 Å². The summed E-state index contributed by atoms with van der Waals surface area (Å²) in [4.78, 5) is 0.412. The highest BCUT2D eigenvalue weighted by Crippen LogP contribution is 2.49. The predicted molar refractivity (Wildman–Crippen MR) is 79.2 cm³/mol. The predicted octanol–water partition coefficient (Wildman–Crippen LogP) is 3.47. The maximum Gasteiger partial charge on any atom is 0.178 e. The Bertz CT molecular complexity index is 516. The molecule has 1 N–H and O–H groups in total. The van der Waals surface area contributed by atoms with Gasteiger partial charge in [0.1, 0.15) is 0 Å². The van der Waals surface area contributed by atoms with Crippen molar-refractivity contribution >= 4 is 15.5 Å². The SMILES string of the molecule is CCCC1(CNc2ccc(S(=O)(=O)CC)cc2)CC1. The Labute approximate surface area is 116 Å². The number of nitrogens with one attached hydrogen (secondary N) is 1. The van der Waals surface area contributed by atoms with E-state index >= 15 is 0 Å². The van der Waals surface area contributed by atoms with Crippen LogP contribution in [0.1, 0.15) is 39.5 Å². The van der Waals surface area contributed by atoms with Crippen molar-refractivity contribution in [1.29, 1.82) is 0 Å². The fraction of sp³-hybridized carbons (Fsp3) is 0.600. The number of sulfone groups is 1. The van der Waals surface area contributed by atoms with Crippen molar-refractivity contribution < 1.29 is 8.42 Å². The van der Waals surface area contributed by atoms with E-state index < -0.39 is 9.84 Å². The third-order valence-electron chi connectivity index (χ3n) is 4.00. The molecule has 1 aromatic carbocycles. The smallest absolute Gasteiger partial charge is 0.178 e. The highest BCUT2D eigenvalue weighted by Gasteiger charge is 2.40. The molecule has 0 atom stereocenters. The van der Waals surface area contributed by atoms with Crippen molar-refractivity contribution in [3.8, 4) is 0 Å². The van der Waals surface area contributed by atoms with Crippen LogP contribution in [0.3, 0.4) is 0 Å². The fourth-order valence-corrected chi connectivity index (χ4v) is 3.34. The number of rotatable bonds is 7. The Hall–Kier alpha value is -1.03. The van der Waals surface area contributed by atoms with Crippen molar-refractivity contribution in [3.05, 3.63) is 24.3 Å². The largest absolute Gasteiger partial charge is 0.384 e. The Morgan fingerprint density at radius 1 is 1.16 bits per heavy atom. The molecule has 3 nitrogen and oxygen atoms in total. The number of anilines is 1. The number of hydrogen-bond donors (Lipinski definition) is 1. The number of benzene rings is 1. The second kappa shape index (κ2) is 5.53. The van der Waals surface area contributed by atoms with E-state index in [0.29, 0.717) is 10.3 Å². The van der Waals surface area contributed by atoms with E-state index in [0.717, 1.165) is 12.2 Å². The summed E-state index contributed by atoms with van der Waals surface area (Å²) in [5.41, 5.74) is 1.51. The van der Waals surface area contributed by atoms with Gasteiger partial charge in [0.05, 0.1) is 10.6 Å². The van der Waals surface area contributed by atoms with Crippen LogP contribution >= 0.6 is 0 Å². The van der Waals surface area contributed by atoms with E-state index in [1.807, 2.05) is 12.1 Å². The van der Waals surface area contributed by atoms with Crippen LogP contribution < -0.4 is 5.32 Å². The summed E-state index contributed by atoms with van der Waals surface area (Å²) in [6.45, 7) is 4.90. The minimum atomic E-state index is -3.08. The van der Waals surface area contributed by atoms with Gasteiger partial charge in [0.15, 0.2) is 9.84 Å². The molecule has 0 aromatic heterocycles. The zero-order chi connectivity index (χ0) is 13.9. The van der Waals surface area contributed by atoms with Gasteiger partial charge in [0.25, 0.3) is 0 Å². The molecule has 0 aliphatic heterocycles. The first-order valence-electron chi connectivity index (χ1n) is 7.08. The lowest BCUT2D eigenvalue weighted by Gasteiger charge is -2.16. The summed E-state index contributed by atoms with van der Waals surface area (Å²) in [7, 11) is -3.08. The van der Waals surface area contributed by atoms with Gasteiger partial charge in [0.2, 0.25) is 0 Å². The Kier molecular flexibility index (Phi) is 4.19. The summed E-state index contributed by atoms with van der Waals surface area (Å²) in [6, 6.07) is 7.12. The molecule has 4 heteroatoms. The van der Waals surface area contributed by atoms with Crippen molar-refractivity contribution in [2.75, 3.05) is 17.6 Å². The molecular weight excluding hydrogens is 258 g/mol. The maximum atomic E-state index is 11.7. The monoisotopic (exact) mass is 281 g/mol. The van der Waals surface area contributed by atoms with E-state index in [4.69, 9.17) is 0 Å². The molecule has 0 bridgehead atoms. The molecule has 19 heavy (non-hydrogen) atoms. The molecule has 106 valence electrons. The van der Waals surface area contributed by atoms with Crippen LogP contribution in [0, 0.1) is 5.41 Å². The van der Waals surface area contributed by atoms with E-state index in [9.17, 15) is 8.42 Å². The fourth-order valence-electron chi connectivity index (χ4n) is 2.46. The van der Waals surface area contributed by atoms with Crippen LogP contribution in [0.5, 0.6) is 0 Å². The summed E-state index contributed by atoms with van der Waals surface area (Å²) in [5.74, 6) is 0.152. The molecule has 1 fully saturated rings. The minimum Gasteiger partial charge on any atom is -0.384 e. The van der Waals surface area contributed by atoms with Crippen LogP contribution in [0.15, 0.2) is 29.2 Å². The van der Waals surface area contributed by atoms with Crippen molar-refractivity contribution in [1.82, 2.24) is 0 Å². The van der Waals surface area contributed by atoms with Crippen LogP contribution in [0.4, 0.5) is 5.69 Å². The van der Waals surface area contributed by atoms with Crippen molar-refractivity contribution in [2.24, 2.45) is 5.41 Å². The van der Waals surface area contributed by atoms with Gasteiger partial charge in [-0.05, 0) is 48.9 Å². The van der Waals surface area contributed by atoms with Gasteiger partial charge in [-0.2, -0.15) is 0 Å². The Morgan fingerprint density at radius 2 is 1.79 bits per heavy atom. The van der Waals surface area contributed by atoms with Crippen LogP contribution in [0.25, 0.3) is 0 Å². The van der Waals surface area contributed by atoms with Gasteiger partial charge in [-0.15, -0.1) is 0 Å². The van der Waals surface area contributed by atoms with Crippen molar-refractivity contribution in [3.63, 3.8) is 0 Å². The van der Waals surface area contributed by atoms with Gasteiger partial charge < -0.3 is 5.32 Å². The third-order valence-corrected chi connectivity index (χ3v) is 5.75. The highest BCUT2D eigenvalue weighted by molar-refractivity contribution is 7.91. The first-order chi connectivity index (χ1) is 9.01. The first-order valence-corrected chi connectivity index (χ1v) is 8.73. The average molecular weight is 281 g/mol. The molecule has 1 aliphatic carbocycles. The van der Waals surface area contributed by atoms with Crippen LogP contribution in [-0.2, 0) is 9.84 Å². The van der Waals surface area contributed by atoms with Gasteiger partial charge in [-0.25, -0.2) is 8.42 Å². The Morgan fingerprint density at radius 3 is 2.26 bits per heavy atom. The van der Waals surface area contributed by atoms with E-state index in [2.05, 4.69) is 12.2 Å². The second-order valence-electron chi connectivity index (χ2n) is 5.53. The van der Waals surface area contributed by atoms with Gasteiger partial charge in [-0.3, -0.25) is 0 Å². The molecule has 1 aromatic rings. The number of hydrogen-bond acceptors (Lipinski definition) is 3. The zero-order valence-corrected chi connectivity index (χ0v) is 12.6. The van der Waals surface area contributed by atoms with E-state index in [1.165, 1.54) is 25.7 Å². The minimum absolute atomic E-state index is 0.152. The lowest BCUT2D eigenvalue weighted by Crippen LogP contribution is -2.15. The average Bonchev–Trinajstić information content (AvgIpc) is 3.18. The maximum absolute atomic E-state index is 11.7. The molecule has 0 heterocycles. The lowest BCUT2D eigenvalue weighted by molar-refractivity contribution is 0.486. The molecule has 0 saturated heterocycles. The van der Waals surface area contributed by atoms with Crippen LogP contribution in [0.2, 0.25) is 0 Å². The highest BCUT2D eigenvalue weighted by atomic mass is 32.2. The first kappa shape index (κ1) is 14.4. The topological polar surface area (TPSA) is 46.2 Å². The summed E-state index contributed by atoms with van der Waals surface area (Å²) < 4.78 is 23.4. The van der Waals surface area contributed by atoms with Gasteiger partial charge in [0, 0.05) is 12.2 Å². The van der Waals surface area contributed by atoms with Crippen LogP contribution in [-0.4, -0.2) is 20.7 Å². The molecule has 0 radical (unpaired) electrons. The summed E-state index contributed by atoms with van der Waals surface area (Å²) in [5, 5.41) is 3.43. The quantitative estimate of drug-likeness (QED) is 0.832. The molecule has 1 saturated carbocycles. The second-order valence-corrected chi connectivity index (χ2v) is 7.81. The van der Waals surface area contributed by atoms with Gasteiger partial charge in [-0.1, -0.05) is 20.3 Å². The molecular formula is C15H23NO2S. The molecule has 0 spiro atoms. The zero-order valence-electron chi connectivity index (χ0n) is 11.8.